The molecule has 4 rings (SSSR count). The molecule has 30 heavy (non-hydrogen) atoms. The maximum absolute atomic E-state index is 13.0. The van der Waals surface area contributed by atoms with Gasteiger partial charge in [0.2, 0.25) is 5.95 Å². The fourth-order valence-electron chi connectivity index (χ4n) is 3.68. The van der Waals surface area contributed by atoms with Crippen molar-refractivity contribution < 1.29 is 9.18 Å². The molecule has 2 aromatic carbocycles. The van der Waals surface area contributed by atoms with Gasteiger partial charge in [-0.25, -0.2) is 14.4 Å². The molecule has 6 heteroatoms. The van der Waals surface area contributed by atoms with E-state index in [1.807, 2.05) is 24.5 Å². The lowest BCUT2D eigenvalue weighted by Crippen LogP contribution is -2.23. The third-order valence-corrected chi connectivity index (χ3v) is 5.44. The van der Waals surface area contributed by atoms with Crippen molar-refractivity contribution in [3.05, 3.63) is 77.9 Å². The second kappa shape index (κ2) is 9.48. The quantitative estimate of drug-likeness (QED) is 0.610. The molecule has 1 amide bonds. The van der Waals surface area contributed by atoms with E-state index in [9.17, 15) is 9.18 Å². The minimum atomic E-state index is -0.289. The Kier molecular flexibility index (Phi) is 6.32. The monoisotopic (exact) mass is 404 g/mol. The molecule has 0 radical (unpaired) electrons. The van der Waals surface area contributed by atoms with Gasteiger partial charge in [0.05, 0.1) is 0 Å². The van der Waals surface area contributed by atoms with E-state index in [1.165, 1.54) is 44.2 Å². The van der Waals surface area contributed by atoms with Crippen molar-refractivity contribution >= 4 is 11.9 Å². The number of amides is 1. The van der Waals surface area contributed by atoms with Crippen LogP contribution in [0.3, 0.4) is 0 Å². The molecule has 0 saturated heterocycles. The van der Waals surface area contributed by atoms with E-state index in [0.717, 1.165) is 16.7 Å². The number of aromatic nitrogens is 2. The van der Waals surface area contributed by atoms with Crippen LogP contribution in [0, 0.1) is 5.82 Å². The van der Waals surface area contributed by atoms with E-state index < -0.39 is 0 Å². The van der Waals surface area contributed by atoms with Gasteiger partial charge in [-0.3, -0.25) is 4.79 Å². The van der Waals surface area contributed by atoms with Gasteiger partial charge in [-0.05, 0) is 48.2 Å². The number of nitrogens with one attached hydrogen (secondary N) is 2. The third kappa shape index (κ3) is 5.20. The molecule has 0 spiro atoms. The Morgan fingerprint density at radius 2 is 1.57 bits per heavy atom. The molecule has 2 N–H and O–H groups in total. The van der Waals surface area contributed by atoms with Crippen molar-refractivity contribution in [2.75, 3.05) is 5.32 Å². The summed E-state index contributed by atoms with van der Waals surface area (Å²) in [5.74, 6) is 0.207. The zero-order chi connectivity index (χ0) is 20.8. The lowest BCUT2D eigenvalue weighted by atomic mass is 9.96. The molecule has 0 atom stereocenters. The first-order valence-corrected chi connectivity index (χ1v) is 10.4. The molecule has 1 aliphatic rings. The average Bonchev–Trinajstić information content (AvgIpc) is 2.80. The first-order valence-electron chi connectivity index (χ1n) is 10.4. The summed E-state index contributed by atoms with van der Waals surface area (Å²) in [5.41, 5.74) is 3.27. The summed E-state index contributed by atoms with van der Waals surface area (Å²) >= 11 is 0. The lowest BCUT2D eigenvalue weighted by Gasteiger charge is -2.22. The van der Waals surface area contributed by atoms with Gasteiger partial charge in [0.15, 0.2) is 0 Å². The first kappa shape index (κ1) is 20.0. The second-order valence-electron chi connectivity index (χ2n) is 7.66. The molecular formula is C24H25FN4O. The van der Waals surface area contributed by atoms with Crippen LogP contribution < -0.4 is 10.6 Å². The molecule has 0 unspecified atom stereocenters. The molecule has 5 nitrogen and oxygen atoms in total. The Morgan fingerprint density at radius 1 is 0.900 bits per heavy atom. The number of benzene rings is 2. The molecule has 1 aromatic heterocycles. The summed E-state index contributed by atoms with van der Waals surface area (Å²) < 4.78 is 13.0. The molecule has 0 bridgehead atoms. The number of hydrogen-bond acceptors (Lipinski definition) is 4. The Morgan fingerprint density at radius 3 is 2.23 bits per heavy atom. The number of carbonyl (C=O) groups excluding carboxylic acids is 1. The number of carbonyl (C=O) groups is 1. The van der Waals surface area contributed by atoms with Crippen molar-refractivity contribution in [1.82, 2.24) is 15.3 Å². The summed E-state index contributed by atoms with van der Waals surface area (Å²) in [7, 11) is 0. The molecule has 0 aliphatic heterocycles. The summed E-state index contributed by atoms with van der Waals surface area (Å²) in [6.07, 6.45) is 9.81. The summed E-state index contributed by atoms with van der Waals surface area (Å²) in [5, 5.41) is 6.26. The smallest absolute Gasteiger partial charge is 0.251 e. The maximum Gasteiger partial charge on any atom is 0.251 e. The molecule has 3 aromatic rings. The third-order valence-electron chi connectivity index (χ3n) is 5.44. The molecule has 154 valence electrons. The van der Waals surface area contributed by atoms with Crippen LogP contribution >= 0.6 is 0 Å². The number of hydrogen-bond donors (Lipinski definition) is 2. The average molecular weight is 404 g/mol. The highest BCUT2D eigenvalue weighted by atomic mass is 19.1. The fourth-order valence-corrected chi connectivity index (χ4v) is 3.68. The summed E-state index contributed by atoms with van der Waals surface area (Å²) in [6.45, 7) is 0.351. The van der Waals surface area contributed by atoms with Crippen LogP contribution in [0.2, 0.25) is 0 Å². The standard InChI is InChI=1S/C24H25FN4O/c25-21-12-6-17(7-13-21)14-26-23(30)19-10-8-18(9-11-19)20-15-27-24(28-16-20)29-22-4-2-1-3-5-22/h6-13,15-16,22H,1-5,14H2,(H,26,30)(H,27,28,29). The van der Waals surface area contributed by atoms with E-state index in [-0.39, 0.29) is 11.7 Å². The fraction of sp³-hybridized carbons (Fsp3) is 0.292. The number of nitrogens with zero attached hydrogens (tertiary/aromatic N) is 2. The largest absolute Gasteiger partial charge is 0.351 e. The normalized spacial score (nSPS) is 14.3. The van der Waals surface area contributed by atoms with Gasteiger partial charge < -0.3 is 10.6 Å². The van der Waals surface area contributed by atoms with Crippen molar-refractivity contribution in [3.8, 4) is 11.1 Å². The van der Waals surface area contributed by atoms with Crippen LogP contribution in [-0.4, -0.2) is 21.9 Å². The Bertz CT molecular complexity index is 966. The first-order chi connectivity index (χ1) is 14.7. The van der Waals surface area contributed by atoms with Gasteiger partial charge in [-0.2, -0.15) is 0 Å². The summed E-state index contributed by atoms with van der Waals surface area (Å²) in [6, 6.07) is 13.9. The topological polar surface area (TPSA) is 66.9 Å². The molecule has 1 saturated carbocycles. The number of anilines is 1. The van der Waals surface area contributed by atoms with Crippen LogP contribution in [0.1, 0.15) is 48.0 Å². The Hall–Kier alpha value is -3.28. The highest BCUT2D eigenvalue weighted by molar-refractivity contribution is 5.94. The van der Waals surface area contributed by atoms with E-state index in [2.05, 4.69) is 20.6 Å². The second-order valence-corrected chi connectivity index (χ2v) is 7.66. The van der Waals surface area contributed by atoms with Crippen molar-refractivity contribution in [1.29, 1.82) is 0 Å². The Balaban J connectivity index is 1.34. The highest BCUT2D eigenvalue weighted by Gasteiger charge is 2.14. The molecule has 1 aliphatic carbocycles. The van der Waals surface area contributed by atoms with Crippen molar-refractivity contribution in [3.63, 3.8) is 0 Å². The van der Waals surface area contributed by atoms with Crippen LogP contribution in [-0.2, 0) is 6.54 Å². The predicted molar refractivity (Wildman–Crippen MR) is 116 cm³/mol. The molecular weight excluding hydrogens is 379 g/mol. The van der Waals surface area contributed by atoms with Gasteiger partial charge >= 0.3 is 0 Å². The summed E-state index contributed by atoms with van der Waals surface area (Å²) in [4.78, 5) is 21.2. The highest BCUT2D eigenvalue weighted by Crippen LogP contribution is 2.22. The minimum absolute atomic E-state index is 0.172. The van der Waals surface area contributed by atoms with Gasteiger partial charge in [0, 0.05) is 36.1 Å². The number of halogens is 1. The minimum Gasteiger partial charge on any atom is -0.351 e. The molecule has 1 fully saturated rings. The van der Waals surface area contributed by atoms with Crippen LogP contribution in [0.5, 0.6) is 0 Å². The van der Waals surface area contributed by atoms with Gasteiger partial charge in [0.1, 0.15) is 5.82 Å². The predicted octanol–water partition coefficient (Wildman–Crippen LogP) is 4.96. The van der Waals surface area contributed by atoms with E-state index in [0.29, 0.717) is 24.1 Å². The van der Waals surface area contributed by atoms with Crippen LogP contribution in [0.25, 0.3) is 11.1 Å². The van der Waals surface area contributed by atoms with Crippen molar-refractivity contribution in [2.24, 2.45) is 0 Å². The zero-order valence-electron chi connectivity index (χ0n) is 16.8. The Labute approximate surface area is 175 Å². The lowest BCUT2D eigenvalue weighted by molar-refractivity contribution is 0.0951. The number of rotatable bonds is 6. The van der Waals surface area contributed by atoms with E-state index in [4.69, 9.17) is 0 Å². The van der Waals surface area contributed by atoms with Gasteiger partial charge in [-0.1, -0.05) is 43.5 Å². The zero-order valence-corrected chi connectivity index (χ0v) is 16.8. The molecule has 1 heterocycles. The maximum atomic E-state index is 13.0. The SMILES string of the molecule is O=C(NCc1ccc(F)cc1)c1ccc(-c2cnc(NC3CCCCC3)nc2)cc1. The van der Waals surface area contributed by atoms with Gasteiger partial charge in [0.25, 0.3) is 5.91 Å². The van der Waals surface area contributed by atoms with Gasteiger partial charge in [-0.15, -0.1) is 0 Å². The van der Waals surface area contributed by atoms with Crippen LogP contribution in [0.15, 0.2) is 60.9 Å². The van der Waals surface area contributed by atoms with Crippen molar-refractivity contribution in [2.45, 2.75) is 44.7 Å². The van der Waals surface area contributed by atoms with Crippen LogP contribution in [0.4, 0.5) is 10.3 Å². The van der Waals surface area contributed by atoms with E-state index >= 15 is 0 Å². The van der Waals surface area contributed by atoms with E-state index in [1.54, 1.807) is 24.3 Å².